The summed E-state index contributed by atoms with van der Waals surface area (Å²) in [5, 5.41) is 21.5. The average molecular weight is 534 g/mol. The number of halogens is 2. The average Bonchev–Trinajstić information content (AvgIpc) is 3.64. The minimum atomic E-state index is -1.04. The van der Waals surface area contributed by atoms with Gasteiger partial charge in [0.05, 0.1) is 17.3 Å². The lowest BCUT2D eigenvalue weighted by Gasteiger charge is -2.15. The van der Waals surface area contributed by atoms with Gasteiger partial charge in [0.2, 0.25) is 0 Å². The Kier molecular flexibility index (Phi) is 5.62. The number of pyridine rings is 1. The van der Waals surface area contributed by atoms with Crippen molar-refractivity contribution >= 4 is 29.2 Å². The highest BCUT2D eigenvalue weighted by atomic mass is 35.5. The van der Waals surface area contributed by atoms with Crippen LogP contribution in [-0.4, -0.2) is 45.8 Å². The number of hydrogen-bond donors (Lipinski definition) is 2. The van der Waals surface area contributed by atoms with E-state index in [1.165, 1.54) is 23.1 Å². The summed E-state index contributed by atoms with van der Waals surface area (Å²) in [6.07, 6.45) is 2.77. The molecular formula is C25H17Cl2N7O3. The van der Waals surface area contributed by atoms with E-state index in [9.17, 15) is 14.7 Å². The Hall–Kier alpha value is -4.28. The van der Waals surface area contributed by atoms with E-state index < -0.39 is 5.97 Å². The second kappa shape index (κ2) is 8.99. The number of benzene rings is 2. The SMILES string of the molecule is O=C(O)c1cccc(-c2nc(C3CCc4cc(-c5cc(Cl)ccc5-n5cnnn5)cc(=O)n43)[nH]c2Cl)c1. The third-order valence-electron chi connectivity index (χ3n) is 6.38. The van der Waals surface area contributed by atoms with Crippen LogP contribution < -0.4 is 5.56 Å². The molecule has 0 saturated heterocycles. The molecule has 37 heavy (non-hydrogen) atoms. The Balaban J connectivity index is 1.40. The van der Waals surface area contributed by atoms with Gasteiger partial charge >= 0.3 is 5.97 Å². The normalized spacial score (nSPS) is 14.6. The first-order valence-electron chi connectivity index (χ1n) is 11.3. The molecule has 1 unspecified atom stereocenters. The number of aromatic amines is 1. The van der Waals surface area contributed by atoms with Crippen LogP contribution in [0.25, 0.3) is 28.1 Å². The smallest absolute Gasteiger partial charge is 0.335 e. The van der Waals surface area contributed by atoms with Crippen LogP contribution in [0, 0.1) is 0 Å². The molecular weight excluding hydrogens is 517 g/mol. The van der Waals surface area contributed by atoms with Gasteiger partial charge in [-0.15, -0.1) is 5.10 Å². The molecule has 1 atom stereocenters. The standard InChI is InChI=1S/C25H17Cl2N7O3/c26-16-4-6-19(33-12-28-31-32-33)18(11-16)15-9-17-5-7-20(34(17)21(35)10-15)24-29-22(23(27)30-24)13-2-1-3-14(8-13)25(36)37/h1-4,6,8-12,20H,5,7H2,(H,29,30)(H,36,37). The highest BCUT2D eigenvalue weighted by Gasteiger charge is 2.29. The maximum Gasteiger partial charge on any atom is 0.335 e. The Morgan fingerprint density at radius 1 is 1.08 bits per heavy atom. The summed E-state index contributed by atoms with van der Waals surface area (Å²) in [4.78, 5) is 32.5. The molecule has 0 radical (unpaired) electrons. The van der Waals surface area contributed by atoms with Crippen LogP contribution in [-0.2, 0) is 6.42 Å². The van der Waals surface area contributed by atoms with Crippen molar-refractivity contribution in [1.29, 1.82) is 0 Å². The van der Waals surface area contributed by atoms with Crippen LogP contribution >= 0.6 is 23.2 Å². The summed E-state index contributed by atoms with van der Waals surface area (Å²) in [6.45, 7) is 0. The summed E-state index contributed by atoms with van der Waals surface area (Å²) < 4.78 is 3.22. The van der Waals surface area contributed by atoms with Crippen LogP contribution in [0.4, 0.5) is 0 Å². The van der Waals surface area contributed by atoms with Crippen molar-refractivity contribution in [2.24, 2.45) is 0 Å². The van der Waals surface area contributed by atoms with Crippen molar-refractivity contribution in [1.82, 2.24) is 34.7 Å². The zero-order chi connectivity index (χ0) is 25.7. The zero-order valence-electron chi connectivity index (χ0n) is 19.0. The molecule has 1 aliphatic heterocycles. The van der Waals surface area contributed by atoms with E-state index in [1.807, 2.05) is 6.07 Å². The number of carboxylic acids is 1. The summed E-state index contributed by atoms with van der Waals surface area (Å²) in [7, 11) is 0. The second-order valence-corrected chi connectivity index (χ2v) is 9.40. The van der Waals surface area contributed by atoms with Crippen molar-refractivity contribution in [2.45, 2.75) is 18.9 Å². The summed E-state index contributed by atoms with van der Waals surface area (Å²) >= 11 is 12.7. The van der Waals surface area contributed by atoms with Gasteiger partial charge in [0.25, 0.3) is 5.56 Å². The molecule has 0 bridgehead atoms. The third kappa shape index (κ3) is 4.09. The van der Waals surface area contributed by atoms with Crippen LogP contribution in [0.3, 0.4) is 0 Å². The molecule has 10 nitrogen and oxygen atoms in total. The number of aromatic nitrogens is 7. The summed E-state index contributed by atoms with van der Waals surface area (Å²) in [5.74, 6) is -0.504. The van der Waals surface area contributed by atoms with Crippen molar-refractivity contribution in [2.75, 3.05) is 0 Å². The minimum Gasteiger partial charge on any atom is -0.478 e. The number of rotatable bonds is 5. The summed E-state index contributed by atoms with van der Waals surface area (Å²) in [5.41, 5.74) is 3.91. The number of imidazole rings is 1. The molecule has 3 aromatic heterocycles. The van der Waals surface area contributed by atoms with Gasteiger partial charge in [-0.1, -0.05) is 35.3 Å². The van der Waals surface area contributed by atoms with Crippen LogP contribution in [0.5, 0.6) is 0 Å². The Bertz CT molecular complexity index is 1730. The number of carbonyl (C=O) groups is 1. The van der Waals surface area contributed by atoms with Gasteiger partial charge in [0, 0.05) is 27.9 Å². The fourth-order valence-corrected chi connectivity index (χ4v) is 5.16. The van der Waals surface area contributed by atoms with Crippen molar-refractivity contribution in [3.63, 3.8) is 0 Å². The molecule has 5 aromatic rings. The molecule has 0 aliphatic carbocycles. The predicted molar refractivity (Wildman–Crippen MR) is 136 cm³/mol. The first kappa shape index (κ1) is 23.1. The number of fused-ring (bicyclic) bond motifs is 1. The first-order valence-corrected chi connectivity index (χ1v) is 12.0. The fraction of sp³-hybridized carbons (Fsp3) is 0.120. The monoisotopic (exact) mass is 533 g/mol. The highest BCUT2D eigenvalue weighted by Crippen LogP contribution is 2.36. The third-order valence-corrected chi connectivity index (χ3v) is 6.88. The first-order chi connectivity index (χ1) is 17.9. The molecule has 0 saturated carbocycles. The number of tetrazole rings is 1. The molecule has 4 heterocycles. The van der Waals surface area contributed by atoms with Crippen LogP contribution in [0.15, 0.2) is 65.7 Å². The van der Waals surface area contributed by atoms with Gasteiger partial charge < -0.3 is 14.7 Å². The number of hydrogen-bond acceptors (Lipinski definition) is 6. The Morgan fingerprint density at radius 3 is 2.73 bits per heavy atom. The van der Waals surface area contributed by atoms with Crippen LogP contribution in [0.1, 0.15) is 34.3 Å². The number of aromatic carboxylic acids is 1. The molecule has 1 aliphatic rings. The van der Waals surface area contributed by atoms with E-state index in [2.05, 4.69) is 25.5 Å². The van der Waals surface area contributed by atoms with Gasteiger partial charge in [-0.25, -0.2) is 9.78 Å². The minimum absolute atomic E-state index is 0.134. The Morgan fingerprint density at radius 2 is 1.95 bits per heavy atom. The lowest BCUT2D eigenvalue weighted by molar-refractivity contribution is 0.0697. The molecule has 184 valence electrons. The fourth-order valence-electron chi connectivity index (χ4n) is 4.74. The molecule has 0 fully saturated rings. The van der Waals surface area contributed by atoms with Crippen molar-refractivity contribution < 1.29 is 9.90 Å². The zero-order valence-corrected chi connectivity index (χ0v) is 20.5. The van der Waals surface area contributed by atoms with E-state index in [0.29, 0.717) is 46.2 Å². The summed E-state index contributed by atoms with van der Waals surface area (Å²) in [6, 6.07) is 14.9. The molecule has 2 N–H and O–H groups in total. The van der Waals surface area contributed by atoms with Crippen molar-refractivity contribution in [3.05, 3.63) is 98.5 Å². The van der Waals surface area contributed by atoms with E-state index in [1.54, 1.807) is 41.0 Å². The van der Waals surface area contributed by atoms with E-state index in [-0.39, 0.29) is 22.3 Å². The molecule has 0 amide bonds. The van der Waals surface area contributed by atoms with Gasteiger partial charge in [-0.3, -0.25) is 4.79 Å². The molecule has 12 heteroatoms. The largest absolute Gasteiger partial charge is 0.478 e. The number of nitrogens with one attached hydrogen (secondary N) is 1. The van der Waals surface area contributed by atoms with E-state index >= 15 is 0 Å². The molecule has 0 spiro atoms. The van der Waals surface area contributed by atoms with Crippen LogP contribution in [0.2, 0.25) is 10.2 Å². The van der Waals surface area contributed by atoms with Gasteiger partial charge in [0.15, 0.2) is 0 Å². The highest BCUT2D eigenvalue weighted by molar-refractivity contribution is 6.32. The lowest BCUT2D eigenvalue weighted by Crippen LogP contribution is -2.24. The van der Waals surface area contributed by atoms with E-state index in [4.69, 9.17) is 23.2 Å². The van der Waals surface area contributed by atoms with E-state index in [0.717, 1.165) is 11.3 Å². The van der Waals surface area contributed by atoms with Gasteiger partial charge in [-0.2, -0.15) is 4.68 Å². The number of nitrogens with zero attached hydrogens (tertiary/aromatic N) is 6. The maximum absolute atomic E-state index is 13.4. The number of H-pyrrole nitrogens is 1. The number of aryl methyl sites for hydroxylation is 1. The van der Waals surface area contributed by atoms with Gasteiger partial charge in [0.1, 0.15) is 23.0 Å². The topological polar surface area (TPSA) is 132 Å². The quantitative estimate of drug-likeness (QED) is 0.341. The van der Waals surface area contributed by atoms with Crippen molar-refractivity contribution in [3.8, 4) is 28.1 Å². The lowest BCUT2D eigenvalue weighted by atomic mass is 10.0. The predicted octanol–water partition coefficient (Wildman–Crippen LogP) is 4.42. The second-order valence-electron chi connectivity index (χ2n) is 8.58. The number of carboxylic acid groups (broad SMARTS) is 1. The molecule has 6 rings (SSSR count). The maximum atomic E-state index is 13.4. The van der Waals surface area contributed by atoms with Gasteiger partial charge in [-0.05, 0) is 65.2 Å². The Labute approximate surface area is 219 Å². The molecule has 2 aromatic carbocycles.